The highest BCUT2D eigenvalue weighted by atomic mass is 35.5. The molecule has 0 saturated carbocycles. The Kier molecular flexibility index (Phi) is 9.60. The summed E-state index contributed by atoms with van der Waals surface area (Å²) in [6, 6.07) is 13.7. The van der Waals surface area contributed by atoms with Gasteiger partial charge in [-0.3, -0.25) is 9.58 Å². The summed E-state index contributed by atoms with van der Waals surface area (Å²) in [7, 11) is 1.85. The molecule has 0 aliphatic carbocycles. The number of aromatic amines is 1. The molecule has 46 heavy (non-hydrogen) atoms. The van der Waals surface area contributed by atoms with Crippen molar-refractivity contribution in [1.82, 2.24) is 19.7 Å². The maximum Gasteiger partial charge on any atom is 0.352 e. The summed E-state index contributed by atoms with van der Waals surface area (Å²) in [6.45, 7) is 6.07. The number of aliphatic hydroxyl groups excluding tert-OH is 1. The topological polar surface area (TPSA) is 113 Å². The van der Waals surface area contributed by atoms with Gasteiger partial charge in [0.15, 0.2) is 0 Å². The maximum atomic E-state index is 13.7. The third kappa shape index (κ3) is 6.35. The summed E-state index contributed by atoms with van der Waals surface area (Å²) in [5.41, 5.74) is 4.13. The third-order valence-electron chi connectivity index (χ3n) is 8.79. The van der Waals surface area contributed by atoms with E-state index in [0.29, 0.717) is 85.2 Å². The molecule has 2 aromatic heterocycles. The van der Waals surface area contributed by atoms with Gasteiger partial charge in [-0.25, -0.2) is 9.18 Å². The van der Waals surface area contributed by atoms with Crippen LogP contribution in [0, 0.1) is 5.82 Å². The molecule has 242 valence electrons. The largest absolute Gasteiger partial charge is 0.493 e. The molecular weight excluding hydrogens is 611 g/mol. The minimum atomic E-state index is -1.07. The van der Waals surface area contributed by atoms with Gasteiger partial charge < -0.3 is 24.7 Å². The molecule has 9 nitrogen and oxygen atoms in total. The Bertz CT molecular complexity index is 1880. The molecule has 1 fully saturated rings. The molecule has 11 heteroatoms. The second-order valence-electron chi connectivity index (χ2n) is 11.6. The van der Waals surface area contributed by atoms with Crippen LogP contribution in [0.15, 0.2) is 48.5 Å². The number of benzene rings is 3. The maximum absolute atomic E-state index is 13.7. The molecule has 1 saturated heterocycles. The van der Waals surface area contributed by atoms with Gasteiger partial charge in [0.05, 0.1) is 42.2 Å². The standard InChI is InChI=1S/C35H38ClFN4O5/c1-3-27-31(34(39-40(27)2)28(42)13-14-41-15-18-45-19-16-41)30-26(36)12-11-25-24(33(35(43)44)38-32(25)30)7-5-17-46-29-8-4-6-21-20-22(37)9-10-23(21)29/h4,6,8-12,20,28,38,42H,3,5,7,13-19H2,1-2H3,(H,43,44). The number of aliphatic hydroxyl groups is 1. The summed E-state index contributed by atoms with van der Waals surface area (Å²) >= 11 is 6.89. The number of fused-ring (bicyclic) bond motifs is 2. The molecular formula is C35H38ClFN4O5. The molecule has 1 atom stereocenters. The molecule has 0 spiro atoms. The van der Waals surface area contributed by atoms with Gasteiger partial charge in [0.2, 0.25) is 0 Å². The van der Waals surface area contributed by atoms with Gasteiger partial charge in [0.25, 0.3) is 0 Å². The summed E-state index contributed by atoms with van der Waals surface area (Å²) in [6.07, 6.45) is 1.26. The van der Waals surface area contributed by atoms with Crippen LogP contribution in [0.5, 0.6) is 5.75 Å². The highest BCUT2D eigenvalue weighted by Gasteiger charge is 2.28. The van der Waals surface area contributed by atoms with Gasteiger partial charge in [-0.2, -0.15) is 5.10 Å². The number of aryl methyl sites for hydroxylation is 2. The predicted octanol–water partition coefficient (Wildman–Crippen LogP) is 6.54. The second kappa shape index (κ2) is 13.8. The van der Waals surface area contributed by atoms with E-state index in [0.717, 1.165) is 40.5 Å². The van der Waals surface area contributed by atoms with Crippen LogP contribution in [0.4, 0.5) is 4.39 Å². The first-order valence-electron chi connectivity index (χ1n) is 15.7. The van der Waals surface area contributed by atoms with Crippen LogP contribution < -0.4 is 4.74 Å². The van der Waals surface area contributed by atoms with E-state index in [-0.39, 0.29) is 11.5 Å². The first-order chi connectivity index (χ1) is 22.3. The van der Waals surface area contributed by atoms with Crippen molar-refractivity contribution in [1.29, 1.82) is 0 Å². The molecule has 0 amide bonds. The Labute approximate surface area is 271 Å². The number of aromatic carboxylic acids is 1. The van der Waals surface area contributed by atoms with Crippen LogP contribution >= 0.6 is 11.6 Å². The third-order valence-corrected chi connectivity index (χ3v) is 9.11. The average molecular weight is 649 g/mol. The lowest BCUT2D eigenvalue weighted by Gasteiger charge is -2.27. The number of H-pyrrole nitrogens is 1. The van der Waals surface area contributed by atoms with E-state index in [1.54, 1.807) is 16.8 Å². The number of rotatable bonds is 12. The number of morpholine rings is 1. The number of carboxylic acid groups (broad SMARTS) is 1. The number of halogens is 2. The van der Waals surface area contributed by atoms with Crippen molar-refractivity contribution < 1.29 is 28.9 Å². The van der Waals surface area contributed by atoms with Gasteiger partial charge in [-0.15, -0.1) is 0 Å². The number of carbonyl (C=O) groups is 1. The second-order valence-corrected chi connectivity index (χ2v) is 12.1. The Hall–Kier alpha value is -3.96. The Balaban J connectivity index is 1.30. The lowest BCUT2D eigenvalue weighted by Crippen LogP contribution is -2.37. The van der Waals surface area contributed by atoms with Crippen LogP contribution in [0.3, 0.4) is 0 Å². The number of nitrogens with one attached hydrogen (secondary N) is 1. The van der Waals surface area contributed by atoms with E-state index in [4.69, 9.17) is 26.2 Å². The van der Waals surface area contributed by atoms with Gasteiger partial charge in [0.1, 0.15) is 17.3 Å². The highest BCUT2D eigenvalue weighted by Crippen LogP contribution is 2.42. The number of carboxylic acids is 1. The van der Waals surface area contributed by atoms with Crippen molar-refractivity contribution in [3.8, 4) is 16.9 Å². The average Bonchev–Trinajstić information content (AvgIpc) is 3.59. The fraction of sp³-hybridized carbons (Fsp3) is 0.371. The van der Waals surface area contributed by atoms with Crippen LogP contribution in [0.25, 0.3) is 32.8 Å². The van der Waals surface area contributed by atoms with Crippen LogP contribution in [-0.4, -0.2) is 75.3 Å². The minimum Gasteiger partial charge on any atom is -0.493 e. The molecule has 6 rings (SSSR count). The van der Waals surface area contributed by atoms with E-state index in [1.165, 1.54) is 12.1 Å². The van der Waals surface area contributed by atoms with Crippen molar-refractivity contribution >= 4 is 39.2 Å². The van der Waals surface area contributed by atoms with Crippen LogP contribution in [-0.2, 0) is 24.6 Å². The zero-order chi connectivity index (χ0) is 32.4. The number of aromatic nitrogens is 3. The van der Waals surface area contributed by atoms with Crippen molar-refractivity contribution in [2.24, 2.45) is 7.05 Å². The summed E-state index contributed by atoms with van der Waals surface area (Å²) in [4.78, 5) is 17.9. The van der Waals surface area contributed by atoms with Crippen LogP contribution in [0.2, 0.25) is 5.02 Å². The number of hydrogen-bond acceptors (Lipinski definition) is 6. The molecule has 1 aliphatic rings. The monoisotopic (exact) mass is 648 g/mol. The van der Waals surface area contributed by atoms with Gasteiger partial charge >= 0.3 is 5.97 Å². The zero-order valence-electron chi connectivity index (χ0n) is 26.0. The number of ether oxygens (including phenoxy) is 2. The molecule has 3 N–H and O–H groups in total. The van der Waals surface area contributed by atoms with E-state index < -0.39 is 12.1 Å². The highest BCUT2D eigenvalue weighted by molar-refractivity contribution is 6.35. The molecule has 1 aliphatic heterocycles. The molecule has 3 heterocycles. The summed E-state index contributed by atoms with van der Waals surface area (Å²) < 4.78 is 27.0. The quantitative estimate of drug-likeness (QED) is 0.132. The van der Waals surface area contributed by atoms with Gasteiger partial charge in [-0.05, 0) is 67.0 Å². The predicted molar refractivity (Wildman–Crippen MR) is 176 cm³/mol. The Morgan fingerprint density at radius 3 is 2.70 bits per heavy atom. The lowest BCUT2D eigenvalue weighted by atomic mass is 9.95. The molecule has 3 aromatic carbocycles. The van der Waals surface area contributed by atoms with E-state index in [9.17, 15) is 19.4 Å². The lowest BCUT2D eigenvalue weighted by molar-refractivity contribution is 0.0297. The van der Waals surface area contributed by atoms with Gasteiger partial charge in [0, 0.05) is 54.3 Å². The zero-order valence-corrected chi connectivity index (χ0v) is 26.7. The molecule has 0 bridgehead atoms. The smallest absolute Gasteiger partial charge is 0.352 e. The summed E-state index contributed by atoms with van der Waals surface area (Å²) in [5, 5.41) is 29.2. The minimum absolute atomic E-state index is 0.0931. The van der Waals surface area contributed by atoms with Gasteiger partial charge in [-0.1, -0.05) is 36.7 Å². The first-order valence-corrected chi connectivity index (χ1v) is 16.1. The molecule has 0 radical (unpaired) electrons. The molecule has 1 unspecified atom stereocenters. The fourth-order valence-corrected chi connectivity index (χ4v) is 6.77. The number of nitrogens with zero attached hydrogens (tertiary/aromatic N) is 3. The van der Waals surface area contributed by atoms with E-state index in [2.05, 4.69) is 9.88 Å². The van der Waals surface area contributed by atoms with E-state index in [1.807, 2.05) is 38.2 Å². The normalized spacial score (nSPS) is 14.7. The fourth-order valence-electron chi connectivity index (χ4n) is 6.52. The van der Waals surface area contributed by atoms with Crippen molar-refractivity contribution in [3.63, 3.8) is 0 Å². The SMILES string of the molecule is CCc1c(-c2c(Cl)ccc3c(CCCOc4cccc5cc(F)ccc45)c(C(=O)O)[nH]c23)c(C(O)CCN2CCOCC2)nn1C. The Morgan fingerprint density at radius 2 is 1.93 bits per heavy atom. The van der Waals surface area contributed by atoms with E-state index >= 15 is 0 Å². The summed E-state index contributed by atoms with van der Waals surface area (Å²) in [5.74, 6) is -0.734. The van der Waals surface area contributed by atoms with Crippen molar-refractivity contribution in [2.75, 3.05) is 39.5 Å². The number of hydrogen-bond donors (Lipinski definition) is 3. The first kappa shape index (κ1) is 32.0. The Morgan fingerprint density at radius 1 is 1.15 bits per heavy atom. The molecule has 5 aromatic rings. The van der Waals surface area contributed by atoms with Crippen LogP contribution in [0.1, 0.15) is 53.3 Å². The van der Waals surface area contributed by atoms with Crippen molar-refractivity contribution in [2.45, 2.75) is 38.7 Å². The van der Waals surface area contributed by atoms with Crippen molar-refractivity contribution in [3.05, 3.63) is 82.0 Å².